The summed E-state index contributed by atoms with van der Waals surface area (Å²) < 4.78 is 113. The molecule has 4 nitrogen and oxygen atoms in total. The van der Waals surface area contributed by atoms with E-state index in [1.165, 1.54) is 24.3 Å². The quantitative estimate of drug-likeness (QED) is 0.355. The highest BCUT2D eigenvalue weighted by Gasteiger charge is 2.73. The lowest BCUT2D eigenvalue weighted by Crippen LogP contribution is -2.56. The molecule has 0 fully saturated rings. The van der Waals surface area contributed by atoms with Gasteiger partial charge in [0.05, 0.1) is 11.5 Å². The third-order valence-corrected chi connectivity index (χ3v) is 6.60. The van der Waals surface area contributed by atoms with E-state index in [0.29, 0.717) is 12.1 Å². The standard InChI is InChI=1S/C21H21F6NO3S/c1-3-14-31-19(20(22,23)24,21(25,26)27)17-12-10-16(11-13-17)15-28(4-2)32(29,30)18-8-6-5-7-9-18/h3,5-13H,1,4,14-15H2,2H3. The lowest BCUT2D eigenvalue weighted by atomic mass is 9.91. The van der Waals surface area contributed by atoms with Crippen LogP contribution in [0.2, 0.25) is 0 Å². The normalized spacial score (nSPS) is 13.4. The second kappa shape index (κ2) is 9.63. The van der Waals surface area contributed by atoms with Gasteiger partial charge in [-0.15, -0.1) is 6.58 Å². The van der Waals surface area contributed by atoms with Crippen LogP contribution in [-0.2, 0) is 26.9 Å². The lowest BCUT2D eigenvalue weighted by molar-refractivity contribution is -0.387. The highest BCUT2D eigenvalue weighted by molar-refractivity contribution is 7.89. The molecule has 0 saturated heterocycles. The van der Waals surface area contributed by atoms with Crippen LogP contribution in [0.25, 0.3) is 0 Å². The average molecular weight is 481 g/mol. The molecule has 0 unspecified atom stereocenters. The highest BCUT2D eigenvalue weighted by Crippen LogP contribution is 2.52. The maximum absolute atomic E-state index is 13.6. The van der Waals surface area contributed by atoms with Gasteiger partial charge in [0.2, 0.25) is 10.0 Å². The minimum atomic E-state index is -5.80. The Balaban J connectivity index is 2.43. The van der Waals surface area contributed by atoms with Crippen molar-refractivity contribution in [3.63, 3.8) is 0 Å². The molecule has 0 atom stereocenters. The van der Waals surface area contributed by atoms with Gasteiger partial charge in [0, 0.05) is 18.7 Å². The summed E-state index contributed by atoms with van der Waals surface area (Å²) in [5.41, 5.74) is -5.51. The number of rotatable bonds is 9. The van der Waals surface area contributed by atoms with Crippen LogP contribution in [0.3, 0.4) is 0 Å². The van der Waals surface area contributed by atoms with Gasteiger partial charge in [-0.05, 0) is 17.7 Å². The van der Waals surface area contributed by atoms with Crippen molar-refractivity contribution in [1.29, 1.82) is 0 Å². The number of hydrogen-bond acceptors (Lipinski definition) is 3. The van der Waals surface area contributed by atoms with Crippen LogP contribution in [0.4, 0.5) is 26.3 Å². The minimum absolute atomic E-state index is 0.0180. The Labute approximate surface area is 182 Å². The number of alkyl halides is 6. The summed E-state index contributed by atoms with van der Waals surface area (Å²) in [6, 6.07) is 10.8. The fourth-order valence-corrected chi connectivity index (χ4v) is 4.53. The van der Waals surface area contributed by atoms with Gasteiger partial charge in [-0.3, -0.25) is 0 Å². The molecule has 0 radical (unpaired) electrons. The summed E-state index contributed by atoms with van der Waals surface area (Å²) in [5, 5.41) is 0. The van der Waals surface area contributed by atoms with Crippen LogP contribution in [0.5, 0.6) is 0 Å². The molecule has 0 aromatic heterocycles. The summed E-state index contributed by atoms with van der Waals surface area (Å²) >= 11 is 0. The van der Waals surface area contributed by atoms with Crippen molar-refractivity contribution in [2.45, 2.75) is 36.3 Å². The number of nitrogens with zero attached hydrogens (tertiary/aromatic N) is 1. The molecule has 11 heteroatoms. The molecule has 2 rings (SSSR count). The topological polar surface area (TPSA) is 46.6 Å². The van der Waals surface area contributed by atoms with Gasteiger partial charge in [-0.25, -0.2) is 8.42 Å². The third kappa shape index (κ3) is 5.00. The number of ether oxygens (including phenoxy) is 1. The van der Waals surface area contributed by atoms with E-state index < -0.39 is 40.1 Å². The Bertz CT molecular complexity index is 989. The first-order valence-corrected chi connectivity index (χ1v) is 10.8. The van der Waals surface area contributed by atoms with Crippen LogP contribution >= 0.6 is 0 Å². The largest absolute Gasteiger partial charge is 0.430 e. The van der Waals surface area contributed by atoms with Crippen molar-refractivity contribution in [3.8, 4) is 0 Å². The fraction of sp³-hybridized carbons (Fsp3) is 0.333. The van der Waals surface area contributed by atoms with E-state index in [9.17, 15) is 34.8 Å². The Kier molecular flexibility index (Phi) is 7.79. The maximum Gasteiger partial charge on any atom is 0.430 e. The lowest BCUT2D eigenvalue weighted by Gasteiger charge is -2.37. The Morgan fingerprint density at radius 1 is 0.938 bits per heavy atom. The zero-order chi connectivity index (χ0) is 24.2. The van der Waals surface area contributed by atoms with E-state index >= 15 is 0 Å². The molecular formula is C21H21F6NO3S. The molecule has 0 spiro atoms. The minimum Gasteiger partial charge on any atom is -0.350 e. The van der Waals surface area contributed by atoms with Crippen LogP contribution in [0.15, 0.2) is 72.1 Å². The molecule has 0 amide bonds. The fourth-order valence-electron chi connectivity index (χ4n) is 3.08. The zero-order valence-corrected chi connectivity index (χ0v) is 17.8. The van der Waals surface area contributed by atoms with Gasteiger partial charge in [-0.2, -0.15) is 30.6 Å². The van der Waals surface area contributed by atoms with E-state index in [-0.39, 0.29) is 23.5 Å². The molecule has 176 valence electrons. The third-order valence-electron chi connectivity index (χ3n) is 4.67. The van der Waals surface area contributed by atoms with Crippen LogP contribution in [0, 0.1) is 0 Å². The van der Waals surface area contributed by atoms with E-state index in [4.69, 9.17) is 0 Å². The monoisotopic (exact) mass is 481 g/mol. The molecule has 0 heterocycles. The molecule has 0 aliphatic rings. The first-order valence-electron chi connectivity index (χ1n) is 9.34. The van der Waals surface area contributed by atoms with Gasteiger partial charge >= 0.3 is 12.4 Å². The molecule has 0 N–H and O–H groups in total. The Morgan fingerprint density at radius 3 is 1.91 bits per heavy atom. The van der Waals surface area contributed by atoms with Crippen molar-refractivity contribution >= 4 is 10.0 Å². The second-order valence-corrected chi connectivity index (χ2v) is 8.66. The SMILES string of the molecule is C=CCOC(c1ccc(CN(CC)S(=O)(=O)c2ccccc2)cc1)(C(F)(F)F)C(F)(F)F. The van der Waals surface area contributed by atoms with Crippen molar-refractivity contribution in [3.05, 3.63) is 78.4 Å². The molecule has 0 bridgehead atoms. The number of benzene rings is 2. The van der Waals surface area contributed by atoms with Gasteiger partial charge in [-0.1, -0.05) is 55.5 Å². The Hall–Kier alpha value is -2.37. The number of sulfonamides is 1. The molecule has 0 aliphatic carbocycles. The first kappa shape index (κ1) is 25.9. The van der Waals surface area contributed by atoms with Gasteiger partial charge in [0.15, 0.2) is 0 Å². The first-order chi connectivity index (χ1) is 14.8. The summed E-state index contributed by atoms with van der Waals surface area (Å²) in [6.45, 7) is 3.48. The predicted molar refractivity (Wildman–Crippen MR) is 106 cm³/mol. The van der Waals surface area contributed by atoms with Crippen molar-refractivity contribution in [2.24, 2.45) is 0 Å². The molecule has 2 aromatic rings. The summed E-state index contributed by atoms with van der Waals surface area (Å²) in [4.78, 5) is 0.0180. The molecular weight excluding hydrogens is 460 g/mol. The molecule has 32 heavy (non-hydrogen) atoms. The van der Waals surface area contributed by atoms with E-state index in [0.717, 1.165) is 22.5 Å². The predicted octanol–water partition coefficient (Wildman–Crippen LogP) is 5.42. The van der Waals surface area contributed by atoms with Gasteiger partial charge < -0.3 is 4.74 Å². The highest BCUT2D eigenvalue weighted by atomic mass is 32.2. The van der Waals surface area contributed by atoms with Crippen LogP contribution in [0.1, 0.15) is 18.1 Å². The maximum atomic E-state index is 13.6. The summed E-state index contributed by atoms with van der Waals surface area (Å²) in [5.74, 6) is 0. The van der Waals surface area contributed by atoms with Crippen LogP contribution < -0.4 is 0 Å². The zero-order valence-electron chi connectivity index (χ0n) is 16.9. The van der Waals surface area contributed by atoms with Gasteiger partial charge in [0.1, 0.15) is 0 Å². The molecule has 2 aromatic carbocycles. The van der Waals surface area contributed by atoms with Crippen molar-refractivity contribution < 1.29 is 39.5 Å². The van der Waals surface area contributed by atoms with Crippen molar-refractivity contribution in [1.82, 2.24) is 4.31 Å². The van der Waals surface area contributed by atoms with Gasteiger partial charge in [0.25, 0.3) is 5.60 Å². The van der Waals surface area contributed by atoms with Crippen LogP contribution in [-0.4, -0.2) is 38.2 Å². The number of halogens is 6. The Morgan fingerprint density at radius 2 is 1.47 bits per heavy atom. The summed E-state index contributed by atoms with van der Waals surface area (Å²) in [6.07, 6.45) is -10.8. The van der Waals surface area contributed by atoms with E-state index in [1.54, 1.807) is 13.0 Å². The molecule has 0 saturated carbocycles. The summed E-state index contributed by atoms with van der Waals surface area (Å²) in [7, 11) is -3.91. The smallest absolute Gasteiger partial charge is 0.350 e. The van der Waals surface area contributed by atoms with E-state index in [1.807, 2.05) is 0 Å². The second-order valence-electron chi connectivity index (χ2n) is 6.72. The average Bonchev–Trinajstić information content (AvgIpc) is 2.72. The van der Waals surface area contributed by atoms with E-state index in [2.05, 4.69) is 11.3 Å². The number of hydrogen-bond donors (Lipinski definition) is 0. The van der Waals surface area contributed by atoms with Crippen molar-refractivity contribution in [2.75, 3.05) is 13.2 Å². The molecule has 0 aliphatic heterocycles.